The number of fused-ring (bicyclic) bond motifs is 1. The largest absolute Gasteiger partial charge is 0.393 e. The third-order valence-electron chi connectivity index (χ3n) is 2.23. The maximum Gasteiger partial charge on any atom is 0.0659 e. The number of hydrogen-bond donors (Lipinski definition) is 2. The smallest absolute Gasteiger partial charge is 0.0659 e. The van der Waals surface area contributed by atoms with E-state index in [1.165, 1.54) is 0 Å². The Balaban J connectivity index is 2.44. The molecular formula is C11H12ClNO. The molecular weight excluding hydrogens is 198 g/mol. The van der Waals surface area contributed by atoms with Crippen molar-refractivity contribution in [2.24, 2.45) is 0 Å². The lowest BCUT2D eigenvalue weighted by molar-refractivity contribution is 0.195. The summed E-state index contributed by atoms with van der Waals surface area (Å²) >= 11 is 5.99. The van der Waals surface area contributed by atoms with Gasteiger partial charge in [-0.15, -0.1) is 0 Å². The summed E-state index contributed by atoms with van der Waals surface area (Å²) in [6.45, 7) is 1.78. The fourth-order valence-electron chi connectivity index (χ4n) is 1.60. The molecule has 0 spiro atoms. The molecule has 0 fully saturated rings. The number of halogens is 1. The van der Waals surface area contributed by atoms with Gasteiger partial charge in [-0.2, -0.15) is 0 Å². The van der Waals surface area contributed by atoms with Crippen molar-refractivity contribution >= 4 is 22.5 Å². The molecule has 3 heteroatoms. The van der Waals surface area contributed by atoms with Gasteiger partial charge in [0.25, 0.3) is 0 Å². The first-order valence-electron chi connectivity index (χ1n) is 4.60. The standard InChI is InChI=1S/C11H12ClNO/c1-7(14)4-8-2-3-11-9(5-8)10(12)6-13-11/h2-3,5-7,13-14H,4H2,1H3. The molecule has 0 saturated carbocycles. The van der Waals surface area contributed by atoms with Gasteiger partial charge >= 0.3 is 0 Å². The lowest BCUT2D eigenvalue weighted by Crippen LogP contribution is -2.03. The summed E-state index contributed by atoms with van der Waals surface area (Å²) in [7, 11) is 0. The van der Waals surface area contributed by atoms with Crippen molar-refractivity contribution in [3.8, 4) is 0 Å². The molecule has 2 nitrogen and oxygen atoms in total. The van der Waals surface area contributed by atoms with Gasteiger partial charge in [0.15, 0.2) is 0 Å². The summed E-state index contributed by atoms with van der Waals surface area (Å²) < 4.78 is 0. The van der Waals surface area contributed by atoms with E-state index < -0.39 is 0 Å². The van der Waals surface area contributed by atoms with E-state index in [1.807, 2.05) is 18.2 Å². The number of aromatic amines is 1. The van der Waals surface area contributed by atoms with Crippen molar-refractivity contribution in [1.29, 1.82) is 0 Å². The minimum atomic E-state index is -0.315. The van der Waals surface area contributed by atoms with Crippen LogP contribution in [-0.4, -0.2) is 16.2 Å². The molecule has 0 amide bonds. The first-order valence-corrected chi connectivity index (χ1v) is 4.98. The molecule has 0 aliphatic carbocycles. The van der Waals surface area contributed by atoms with Gasteiger partial charge in [-0.3, -0.25) is 0 Å². The second kappa shape index (κ2) is 3.64. The number of hydrogen-bond acceptors (Lipinski definition) is 1. The first kappa shape index (κ1) is 9.56. The van der Waals surface area contributed by atoms with Crippen LogP contribution in [0.3, 0.4) is 0 Å². The highest BCUT2D eigenvalue weighted by molar-refractivity contribution is 6.35. The molecule has 0 saturated heterocycles. The highest BCUT2D eigenvalue weighted by Crippen LogP contribution is 2.24. The highest BCUT2D eigenvalue weighted by atomic mass is 35.5. The van der Waals surface area contributed by atoms with E-state index >= 15 is 0 Å². The topological polar surface area (TPSA) is 36.0 Å². The molecule has 0 bridgehead atoms. The van der Waals surface area contributed by atoms with E-state index in [9.17, 15) is 5.11 Å². The molecule has 0 aliphatic heterocycles. The number of aliphatic hydroxyl groups excluding tert-OH is 1. The zero-order valence-corrected chi connectivity index (χ0v) is 8.67. The third-order valence-corrected chi connectivity index (χ3v) is 2.54. The highest BCUT2D eigenvalue weighted by Gasteiger charge is 2.04. The molecule has 0 aliphatic rings. The maximum absolute atomic E-state index is 9.26. The number of H-pyrrole nitrogens is 1. The minimum Gasteiger partial charge on any atom is -0.393 e. The fraction of sp³-hybridized carbons (Fsp3) is 0.273. The van der Waals surface area contributed by atoms with E-state index in [1.54, 1.807) is 13.1 Å². The normalized spacial score (nSPS) is 13.4. The second-order valence-corrected chi connectivity index (χ2v) is 3.98. The van der Waals surface area contributed by atoms with Gasteiger partial charge < -0.3 is 10.1 Å². The monoisotopic (exact) mass is 209 g/mol. The van der Waals surface area contributed by atoms with Crippen LogP contribution in [0.1, 0.15) is 12.5 Å². The quantitative estimate of drug-likeness (QED) is 0.784. The summed E-state index contributed by atoms with van der Waals surface area (Å²) in [4.78, 5) is 3.07. The van der Waals surface area contributed by atoms with Gasteiger partial charge in [-0.1, -0.05) is 17.7 Å². The zero-order valence-electron chi connectivity index (χ0n) is 7.92. The predicted octanol–water partition coefficient (Wildman–Crippen LogP) is 2.74. The van der Waals surface area contributed by atoms with E-state index in [0.29, 0.717) is 6.42 Å². The van der Waals surface area contributed by atoms with Crippen LogP contribution >= 0.6 is 11.6 Å². The minimum absolute atomic E-state index is 0.315. The van der Waals surface area contributed by atoms with E-state index in [0.717, 1.165) is 21.5 Å². The zero-order chi connectivity index (χ0) is 10.1. The first-order chi connectivity index (χ1) is 6.66. The van der Waals surface area contributed by atoms with Gasteiger partial charge in [0.05, 0.1) is 11.1 Å². The van der Waals surface area contributed by atoms with Crippen LogP contribution < -0.4 is 0 Å². The van der Waals surface area contributed by atoms with Crippen molar-refractivity contribution in [3.05, 3.63) is 35.0 Å². The molecule has 2 aromatic rings. The number of aromatic nitrogens is 1. The fourth-order valence-corrected chi connectivity index (χ4v) is 1.81. The molecule has 1 aromatic heterocycles. The Hall–Kier alpha value is -0.990. The van der Waals surface area contributed by atoms with Crippen molar-refractivity contribution in [2.75, 3.05) is 0 Å². The average molecular weight is 210 g/mol. The van der Waals surface area contributed by atoms with Gasteiger partial charge in [0.1, 0.15) is 0 Å². The summed E-state index contributed by atoms with van der Waals surface area (Å²) in [5, 5.41) is 11.0. The predicted molar refractivity (Wildman–Crippen MR) is 58.7 cm³/mol. The Labute approximate surface area is 87.5 Å². The molecule has 2 rings (SSSR count). The van der Waals surface area contributed by atoms with Crippen molar-refractivity contribution in [3.63, 3.8) is 0 Å². The number of benzene rings is 1. The van der Waals surface area contributed by atoms with Crippen LogP contribution in [0, 0.1) is 0 Å². The van der Waals surface area contributed by atoms with Crippen LogP contribution in [0.4, 0.5) is 0 Å². The van der Waals surface area contributed by atoms with Crippen LogP contribution in [0.15, 0.2) is 24.4 Å². The average Bonchev–Trinajstić information content (AvgIpc) is 2.47. The molecule has 14 heavy (non-hydrogen) atoms. The lowest BCUT2D eigenvalue weighted by Gasteiger charge is -2.04. The third kappa shape index (κ3) is 1.76. The van der Waals surface area contributed by atoms with Gasteiger partial charge in [0, 0.05) is 17.1 Å². The van der Waals surface area contributed by atoms with Crippen LogP contribution in [-0.2, 0) is 6.42 Å². The summed E-state index contributed by atoms with van der Waals surface area (Å²) in [5.41, 5.74) is 2.14. The Bertz CT molecular complexity index is 447. The molecule has 1 heterocycles. The van der Waals surface area contributed by atoms with Gasteiger partial charge in [-0.25, -0.2) is 0 Å². The lowest BCUT2D eigenvalue weighted by atomic mass is 10.1. The Morgan fingerprint density at radius 3 is 3.00 bits per heavy atom. The number of aliphatic hydroxyl groups is 1. The van der Waals surface area contributed by atoms with Crippen LogP contribution in [0.5, 0.6) is 0 Å². The van der Waals surface area contributed by atoms with E-state index in [-0.39, 0.29) is 6.10 Å². The maximum atomic E-state index is 9.26. The Morgan fingerprint density at radius 1 is 1.50 bits per heavy atom. The van der Waals surface area contributed by atoms with Gasteiger partial charge in [0.2, 0.25) is 0 Å². The van der Waals surface area contributed by atoms with Crippen LogP contribution in [0.2, 0.25) is 5.02 Å². The summed E-state index contributed by atoms with van der Waals surface area (Å²) in [6.07, 6.45) is 2.13. The molecule has 2 N–H and O–H groups in total. The van der Waals surface area contributed by atoms with Crippen molar-refractivity contribution < 1.29 is 5.11 Å². The Morgan fingerprint density at radius 2 is 2.29 bits per heavy atom. The molecule has 74 valence electrons. The summed E-state index contributed by atoms with van der Waals surface area (Å²) in [5.74, 6) is 0. The molecule has 1 aromatic carbocycles. The van der Waals surface area contributed by atoms with Crippen molar-refractivity contribution in [1.82, 2.24) is 4.98 Å². The SMILES string of the molecule is CC(O)Cc1ccc2[nH]cc(Cl)c2c1. The Kier molecular flexibility index (Phi) is 2.48. The second-order valence-electron chi connectivity index (χ2n) is 3.57. The van der Waals surface area contributed by atoms with Gasteiger partial charge in [-0.05, 0) is 31.0 Å². The number of nitrogens with one attached hydrogen (secondary N) is 1. The molecule has 1 unspecified atom stereocenters. The molecule has 1 atom stereocenters. The number of rotatable bonds is 2. The molecule has 0 radical (unpaired) electrons. The van der Waals surface area contributed by atoms with E-state index in [4.69, 9.17) is 11.6 Å². The summed E-state index contributed by atoms with van der Waals surface area (Å²) in [6, 6.07) is 6.00. The van der Waals surface area contributed by atoms with E-state index in [2.05, 4.69) is 4.98 Å². The van der Waals surface area contributed by atoms with Crippen molar-refractivity contribution in [2.45, 2.75) is 19.4 Å². The van der Waals surface area contributed by atoms with Crippen LogP contribution in [0.25, 0.3) is 10.9 Å².